The van der Waals surface area contributed by atoms with Crippen molar-refractivity contribution >= 4 is 17.2 Å². The third-order valence-corrected chi connectivity index (χ3v) is 4.02. The molecular formula is C15H21NO4S. The molecule has 0 aromatic heterocycles. The molecular weight excluding hydrogens is 290 g/mol. The topological polar surface area (TPSA) is 55.8 Å². The van der Waals surface area contributed by atoms with Crippen LogP contribution in [0.3, 0.4) is 0 Å². The summed E-state index contributed by atoms with van der Waals surface area (Å²) in [5.74, 6) is 0.368. The van der Waals surface area contributed by atoms with Crippen molar-refractivity contribution in [3.8, 4) is 0 Å². The number of amides is 1. The Kier molecular flexibility index (Phi) is 6.20. The molecule has 1 fully saturated rings. The molecule has 0 aliphatic carbocycles. The fourth-order valence-corrected chi connectivity index (χ4v) is 2.67. The average Bonchev–Trinajstić information content (AvgIpc) is 2.52. The SMILES string of the molecule is CS(=O)OCC1CCN(C(=O)OCc2ccccc2)CC1. The highest BCUT2D eigenvalue weighted by Crippen LogP contribution is 2.18. The Hall–Kier alpha value is -1.40. The Balaban J connectivity index is 1.69. The standard InChI is InChI=1S/C15H21NO4S/c1-21(18)20-12-14-7-9-16(10-8-14)15(17)19-11-13-5-3-2-4-6-13/h2-6,14H,7-12H2,1H3. The lowest BCUT2D eigenvalue weighted by Crippen LogP contribution is -2.39. The maximum atomic E-state index is 12.0. The first-order chi connectivity index (χ1) is 10.1. The van der Waals surface area contributed by atoms with E-state index in [1.807, 2.05) is 30.3 Å². The number of hydrogen-bond donors (Lipinski definition) is 0. The van der Waals surface area contributed by atoms with Gasteiger partial charge in [-0.1, -0.05) is 30.3 Å². The van der Waals surface area contributed by atoms with Crippen molar-refractivity contribution in [2.75, 3.05) is 26.0 Å². The molecule has 2 rings (SSSR count). The predicted octanol–water partition coefficient (Wildman–Crippen LogP) is 2.35. The fraction of sp³-hybridized carbons (Fsp3) is 0.533. The second-order valence-corrected chi connectivity index (χ2v) is 6.19. The number of carbonyl (C=O) groups excluding carboxylic acids is 1. The lowest BCUT2D eigenvalue weighted by molar-refractivity contribution is 0.0770. The monoisotopic (exact) mass is 311 g/mol. The highest BCUT2D eigenvalue weighted by Gasteiger charge is 2.24. The summed E-state index contributed by atoms with van der Waals surface area (Å²) in [5.41, 5.74) is 0.986. The van der Waals surface area contributed by atoms with E-state index in [9.17, 15) is 9.00 Å². The molecule has 1 aromatic carbocycles. The molecule has 5 nitrogen and oxygen atoms in total. The average molecular weight is 311 g/mol. The molecule has 1 aliphatic rings. The fourth-order valence-electron chi connectivity index (χ4n) is 2.28. The van der Waals surface area contributed by atoms with Gasteiger partial charge in [0.15, 0.2) is 11.1 Å². The van der Waals surface area contributed by atoms with Gasteiger partial charge < -0.3 is 9.64 Å². The van der Waals surface area contributed by atoms with E-state index in [1.165, 1.54) is 6.26 Å². The number of hydrogen-bond acceptors (Lipinski definition) is 4. The van der Waals surface area contributed by atoms with Crippen LogP contribution in [0.25, 0.3) is 0 Å². The summed E-state index contributed by atoms with van der Waals surface area (Å²) in [4.78, 5) is 13.7. The van der Waals surface area contributed by atoms with Crippen LogP contribution in [-0.4, -0.2) is 41.2 Å². The first-order valence-electron chi connectivity index (χ1n) is 7.07. The first kappa shape index (κ1) is 16.0. The maximum absolute atomic E-state index is 12.0. The van der Waals surface area contributed by atoms with Gasteiger partial charge in [-0.15, -0.1) is 0 Å². The zero-order chi connectivity index (χ0) is 15.1. The second-order valence-electron chi connectivity index (χ2n) is 5.16. The Bertz CT molecular complexity index is 472. The summed E-state index contributed by atoms with van der Waals surface area (Å²) >= 11 is -1.21. The molecule has 0 radical (unpaired) electrons. The number of likely N-dealkylation sites (tertiary alicyclic amines) is 1. The Morgan fingerprint density at radius 1 is 1.29 bits per heavy atom. The van der Waals surface area contributed by atoms with Crippen LogP contribution in [0.5, 0.6) is 0 Å². The number of piperidine rings is 1. The van der Waals surface area contributed by atoms with Crippen LogP contribution in [0.2, 0.25) is 0 Å². The predicted molar refractivity (Wildman–Crippen MR) is 80.9 cm³/mol. The zero-order valence-electron chi connectivity index (χ0n) is 12.2. The van der Waals surface area contributed by atoms with Gasteiger partial charge in [-0.2, -0.15) is 0 Å². The van der Waals surface area contributed by atoms with Gasteiger partial charge in [-0.3, -0.25) is 4.18 Å². The van der Waals surface area contributed by atoms with Gasteiger partial charge in [0.25, 0.3) is 0 Å². The van der Waals surface area contributed by atoms with E-state index in [4.69, 9.17) is 8.92 Å². The van der Waals surface area contributed by atoms with E-state index in [0.29, 0.717) is 32.2 Å². The molecule has 1 heterocycles. The molecule has 1 atom stereocenters. The van der Waals surface area contributed by atoms with Gasteiger partial charge in [-0.25, -0.2) is 9.00 Å². The molecule has 1 aromatic rings. The Morgan fingerprint density at radius 2 is 1.95 bits per heavy atom. The molecule has 0 spiro atoms. The largest absolute Gasteiger partial charge is 0.445 e. The number of carbonyl (C=O) groups is 1. The van der Waals surface area contributed by atoms with Crippen LogP contribution >= 0.6 is 0 Å². The third-order valence-electron chi connectivity index (χ3n) is 3.55. The van der Waals surface area contributed by atoms with Crippen molar-refractivity contribution in [3.63, 3.8) is 0 Å². The normalized spacial score (nSPS) is 17.5. The number of ether oxygens (including phenoxy) is 1. The Morgan fingerprint density at radius 3 is 2.57 bits per heavy atom. The quantitative estimate of drug-likeness (QED) is 0.837. The van der Waals surface area contributed by atoms with Crippen molar-refractivity contribution in [2.24, 2.45) is 5.92 Å². The van der Waals surface area contributed by atoms with Crippen LogP contribution in [-0.2, 0) is 26.6 Å². The zero-order valence-corrected chi connectivity index (χ0v) is 13.0. The summed E-state index contributed by atoms with van der Waals surface area (Å²) in [6.45, 7) is 2.13. The van der Waals surface area contributed by atoms with E-state index < -0.39 is 11.1 Å². The van der Waals surface area contributed by atoms with E-state index >= 15 is 0 Å². The van der Waals surface area contributed by atoms with Crippen molar-refractivity contribution in [1.29, 1.82) is 0 Å². The summed E-state index contributed by atoms with van der Waals surface area (Å²) in [6.07, 6.45) is 2.98. The van der Waals surface area contributed by atoms with Crippen molar-refractivity contribution < 1.29 is 17.9 Å². The first-order valence-corrected chi connectivity index (χ1v) is 8.56. The van der Waals surface area contributed by atoms with Crippen LogP contribution in [0.15, 0.2) is 30.3 Å². The molecule has 0 N–H and O–H groups in total. The van der Waals surface area contributed by atoms with Crippen LogP contribution < -0.4 is 0 Å². The summed E-state index contributed by atoms with van der Waals surface area (Å²) in [6, 6.07) is 9.64. The lowest BCUT2D eigenvalue weighted by atomic mass is 9.98. The molecule has 1 unspecified atom stereocenters. The molecule has 0 saturated carbocycles. The summed E-state index contributed by atoms with van der Waals surface area (Å²) in [7, 11) is 0. The van der Waals surface area contributed by atoms with Crippen LogP contribution in [0.4, 0.5) is 4.79 Å². The minimum absolute atomic E-state index is 0.266. The smallest absolute Gasteiger partial charge is 0.410 e. The van der Waals surface area contributed by atoms with Crippen LogP contribution in [0.1, 0.15) is 18.4 Å². The molecule has 1 aliphatic heterocycles. The molecule has 116 valence electrons. The van der Waals surface area contributed by atoms with Gasteiger partial charge in [0.2, 0.25) is 0 Å². The molecule has 21 heavy (non-hydrogen) atoms. The number of nitrogens with zero attached hydrogens (tertiary/aromatic N) is 1. The van der Waals surface area contributed by atoms with Crippen LogP contribution in [0, 0.1) is 5.92 Å². The van der Waals surface area contributed by atoms with E-state index in [0.717, 1.165) is 18.4 Å². The molecule has 1 saturated heterocycles. The van der Waals surface area contributed by atoms with Gasteiger partial charge in [0, 0.05) is 19.3 Å². The van der Waals surface area contributed by atoms with Gasteiger partial charge in [-0.05, 0) is 24.3 Å². The minimum atomic E-state index is -1.21. The third kappa shape index (κ3) is 5.47. The van der Waals surface area contributed by atoms with Crippen molar-refractivity contribution in [1.82, 2.24) is 4.90 Å². The Labute approximate surface area is 127 Å². The molecule has 6 heteroatoms. The van der Waals surface area contributed by atoms with E-state index in [2.05, 4.69) is 0 Å². The van der Waals surface area contributed by atoms with Gasteiger partial charge >= 0.3 is 6.09 Å². The summed E-state index contributed by atoms with van der Waals surface area (Å²) in [5, 5.41) is 0. The lowest BCUT2D eigenvalue weighted by Gasteiger charge is -2.30. The number of benzene rings is 1. The highest BCUT2D eigenvalue weighted by molar-refractivity contribution is 7.79. The number of rotatable bonds is 5. The van der Waals surface area contributed by atoms with Gasteiger partial charge in [0.05, 0.1) is 6.61 Å². The molecule has 0 bridgehead atoms. The van der Waals surface area contributed by atoms with Crippen molar-refractivity contribution in [2.45, 2.75) is 19.4 Å². The summed E-state index contributed by atoms with van der Waals surface area (Å²) < 4.78 is 21.3. The van der Waals surface area contributed by atoms with E-state index in [1.54, 1.807) is 4.90 Å². The van der Waals surface area contributed by atoms with Crippen molar-refractivity contribution in [3.05, 3.63) is 35.9 Å². The van der Waals surface area contributed by atoms with Gasteiger partial charge in [0.1, 0.15) is 6.61 Å². The molecule has 1 amide bonds. The van der Waals surface area contributed by atoms with E-state index in [-0.39, 0.29) is 6.09 Å². The highest BCUT2D eigenvalue weighted by atomic mass is 32.2. The minimum Gasteiger partial charge on any atom is -0.445 e. The second kappa shape index (κ2) is 8.14. The maximum Gasteiger partial charge on any atom is 0.410 e.